The predicted molar refractivity (Wildman–Crippen MR) is 114 cm³/mol. The average Bonchev–Trinajstić information content (AvgIpc) is 2.72. The quantitative estimate of drug-likeness (QED) is 0.651. The highest BCUT2D eigenvalue weighted by molar-refractivity contribution is 5.94. The van der Waals surface area contributed by atoms with Gasteiger partial charge in [-0.2, -0.15) is 0 Å². The lowest BCUT2D eigenvalue weighted by molar-refractivity contribution is 0.0698. The first kappa shape index (κ1) is 19.9. The number of anilines is 2. The van der Waals surface area contributed by atoms with Crippen molar-refractivity contribution in [3.8, 4) is 0 Å². The van der Waals surface area contributed by atoms with E-state index in [2.05, 4.69) is 5.32 Å². The number of carbonyl (C=O) groups is 1. The number of nitrogens with zero attached hydrogens (tertiary/aromatic N) is 1. The molecule has 156 valence electrons. The van der Waals surface area contributed by atoms with Crippen molar-refractivity contribution in [3.63, 3.8) is 0 Å². The summed E-state index contributed by atoms with van der Waals surface area (Å²) in [7, 11) is 0. The van der Waals surface area contributed by atoms with Gasteiger partial charge in [-0.1, -0.05) is 18.2 Å². The summed E-state index contributed by atoms with van der Waals surface area (Å²) >= 11 is 0. The molecule has 2 aromatic carbocycles. The van der Waals surface area contributed by atoms with Crippen LogP contribution in [0.2, 0.25) is 0 Å². The fourth-order valence-corrected chi connectivity index (χ4v) is 3.90. The highest BCUT2D eigenvalue weighted by atomic mass is 19.1. The molecule has 0 amide bonds. The van der Waals surface area contributed by atoms with Crippen LogP contribution in [-0.2, 0) is 6.54 Å². The third kappa shape index (κ3) is 4.01. The SMILES string of the molecule is Cc1cc(CNc2ccccc2C(=O)O)c2oc(N3CCCC(F)C3)cc(=O)c2c1. The zero-order chi connectivity index (χ0) is 21.3. The van der Waals surface area contributed by atoms with E-state index in [0.717, 1.165) is 11.1 Å². The molecule has 1 aliphatic rings. The maximum Gasteiger partial charge on any atom is 0.337 e. The van der Waals surface area contributed by atoms with Crippen molar-refractivity contribution in [2.24, 2.45) is 0 Å². The Morgan fingerprint density at radius 1 is 1.30 bits per heavy atom. The summed E-state index contributed by atoms with van der Waals surface area (Å²) in [5, 5.41) is 13.0. The number of hydrogen-bond donors (Lipinski definition) is 2. The number of aryl methyl sites for hydroxylation is 1. The minimum Gasteiger partial charge on any atom is -0.478 e. The van der Waals surface area contributed by atoms with Gasteiger partial charge in [-0.3, -0.25) is 4.79 Å². The Balaban J connectivity index is 1.72. The maximum atomic E-state index is 13.9. The van der Waals surface area contributed by atoms with Gasteiger partial charge in [-0.05, 0) is 43.5 Å². The second-order valence-corrected chi connectivity index (χ2v) is 7.64. The van der Waals surface area contributed by atoms with Crippen molar-refractivity contribution in [1.29, 1.82) is 0 Å². The van der Waals surface area contributed by atoms with Crippen molar-refractivity contribution in [1.82, 2.24) is 0 Å². The second-order valence-electron chi connectivity index (χ2n) is 7.64. The molecule has 2 N–H and O–H groups in total. The molecule has 1 atom stereocenters. The first-order valence-corrected chi connectivity index (χ1v) is 9.95. The van der Waals surface area contributed by atoms with Gasteiger partial charge < -0.3 is 19.7 Å². The molecule has 1 saturated heterocycles. The zero-order valence-corrected chi connectivity index (χ0v) is 16.7. The molecule has 0 radical (unpaired) electrons. The minimum absolute atomic E-state index is 0.166. The topological polar surface area (TPSA) is 82.8 Å². The van der Waals surface area contributed by atoms with Crippen LogP contribution in [-0.4, -0.2) is 30.3 Å². The lowest BCUT2D eigenvalue weighted by Gasteiger charge is -2.29. The average molecular weight is 410 g/mol. The highest BCUT2D eigenvalue weighted by Crippen LogP contribution is 2.27. The molecule has 1 aliphatic heterocycles. The highest BCUT2D eigenvalue weighted by Gasteiger charge is 2.22. The van der Waals surface area contributed by atoms with Crippen LogP contribution >= 0.6 is 0 Å². The molecule has 0 saturated carbocycles. The number of rotatable bonds is 5. The van der Waals surface area contributed by atoms with Crippen LogP contribution in [0.15, 0.2) is 51.7 Å². The lowest BCUT2D eigenvalue weighted by atomic mass is 10.1. The number of piperidine rings is 1. The van der Waals surface area contributed by atoms with Gasteiger partial charge in [0.05, 0.1) is 17.5 Å². The van der Waals surface area contributed by atoms with E-state index in [1.54, 1.807) is 29.2 Å². The van der Waals surface area contributed by atoms with E-state index in [4.69, 9.17) is 4.42 Å². The van der Waals surface area contributed by atoms with Gasteiger partial charge in [0.25, 0.3) is 0 Å². The summed E-state index contributed by atoms with van der Waals surface area (Å²) in [5.41, 5.74) is 2.53. The number of halogens is 1. The van der Waals surface area contributed by atoms with Gasteiger partial charge in [0.1, 0.15) is 11.8 Å². The van der Waals surface area contributed by atoms with Gasteiger partial charge in [-0.15, -0.1) is 0 Å². The number of hydrogen-bond acceptors (Lipinski definition) is 5. The summed E-state index contributed by atoms with van der Waals surface area (Å²) in [6, 6.07) is 11.7. The van der Waals surface area contributed by atoms with Crippen LogP contribution in [0.5, 0.6) is 0 Å². The number of benzene rings is 2. The summed E-state index contributed by atoms with van der Waals surface area (Å²) in [4.78, 5) is 26.0. The van der Waals surface area contributed by atoms with E-state index >= 15 is 0 Å². The number of para-hydroxylation sites is 1. The van der Waals surface area contributed by atoms with Crippen molar-refractivity contribution in [2.45, 2.75) is 32.5 Å². The normalized spacial score (nSPS) is 16.6. The molecule has 6 nitrogen and oxygen atoms in total. The van der Waals surface area contributed by atoms with E-state index in [9.17, 15) is 19.1 Å². The molecule has 0 spiro atoms. The van der Waals surface area contributed by atoms with E-state index in [1.165, 1.54) is 12.1 Å². The van der Waals surface area contributed by atoms with Gasteiger partial charge in [0.15, 0.2) is 11.3 Å². The predicted octanol–water partition coefficient (Wildman–Crippen LogP) is 4.35. The molecule has 4 rings (SSSR count). The Labute approximate surface area is 172 Å². The van der Waals surface area contributed by atoms with Crippen LogP contribution in [0.25, 0.3) is 11.0 Å². The molecule has 0 aliphatic carbocycles. The van der Waals surface area contributed by atoms with Crippen molar-refractivity contribution < 1.29 is 18.7 Å². The largest absolute Gasteiger partial charge is 0.478 e. The fourth-order valence-electron chi connectivity index (χ4n) is 3.90. The third-order valence-electron chi connectivity index (χ3n) is 5.34. The summed E-state index contributed by atoms with van der Waals surface area (Å²) in [6.45, 7) is 3.01. The summed E-state index contributed by atoms with van der Waals surface area (Å²) < 4.78 is 19.9. The van der Waals surface area contributed by atoms with Crippen LogP contribution in [0, 0.1) is 6.92 Å². The number of fused-ring (bicyclic) bond motifs is 1. The number of aromatic carboxylic acids is 1. The van der Waals surface area contributed by atoms with Gasteiger partial charge >= 0.3 is 5.97 Å². The zero-order valence-electron chi connectivity index (χ0n) is 16.7. The Morgan fingerprint density at radius 3 is 2.87 bits per heavy atom. The molecule has 1 aromatic heterocycles. The molecule has 2 heterocycles. The standard InChI is InChI=1S/C23H23FN2O4/c1-14-9-15(12-25-19-7-3-2-6-17(19)23(28)29)22-18(10-14)20(27)11-21(30-22)26-8-4-5-16(24)13-26/h2-3,6-7,9-11,16,25H,4-5,8,12-13H2,1H3,(H,28,29). The Hall–Kier alpha value is -3.35. The number of nitrogens with one attached hydrogen (secondary N) is 1. The van der Waals surface area contributed by atoms with Gasteiger partial charge in [-0.25, -0.2) is 9.18 Å². The molecular formula is C23H23FN2O4. The first-order valence-electron chi connectivity index (χ1n) is 9.95. The molecule has 3 aromatic rings. The molecule has 30 heavy (non-hydrogen) atoms. The monoisotopic (exact) mass is 410 g/mol. The molecular weight excluding hydrogens is 387 g/mol. The third-order valence-corrected chi connectivity index (χ3v) is 5.34. The Kier molecular flexibility index (Phi) is 5.44. The Bertz CT molecular complexity index is 1160. The lowest BCUT2D eigenvalue weighted by Crippen LogP contribution is -2.36. The molecule has 1 fully saturated rings. The van der Waals surface area contributed by atoms with E-state index in [0.29, 0.717) is 41.9 Å². The van der Waals surface area contributed by atoms with Crippen LogP contribution in [0.3, 0.4) is 0 Å². The van der Waals surface area contributed by atoms with Crippen molar-refractivity contribution in [2.75, 3.05) is 23.3 Å². The summed E-state index contributed by atoms with van der Waals surface area (Å²) in [6.07, 6.45) is 0.287. The van der Waals surface area contributed by atoms with E-state index in [1.807, 2.05) is 13.0 Å². The van der Waals surface area contributed by atoms with E-state index in [-0.39, 0.29) is 24.1 Å². The van der Waals surface area contributed by atoms with E-state index < -0.39 is 12.1 Å². The second kappa shape index (κ2) is 8.18. The minimum atomic E-state index is -1.02. The molecule has 0 bridgehead atoms. The summed E-state index contributed by atoms with van der Waals surface area (Å²) in [5.74, 6) is -0.655. The molecule has 7 heteroatoms. The van der Waals surface area contributed by atoms with Crippen LogP contribution in [0.1, 0.15) is 34.3 Å². The molecule has 1 unspecified atom stereocenters. The van der Waals surface area contributed by atoms with Gasteiger partial charge in [0, 0.05) is 30.4 Å². The first-order chi connectivity index (χ1) is 14.4. The van der Waals surface area contributed by atoms with Crippen molar-refractivity contribution >= 4 is 28.5 Å². The number of alkyl halides is 1. The Morgan fingerprint density at radius 2 is 2.10 bits per heavy atom. The van der Waals surface area contributed by atoms with Crippen LogP contribution in [0.4, 0.5) is 16.0 Å². The van der Waals surface area contributed by atoms with Gasteiger partial charge in [0.2, 0.25) is 0 Å². The number of carboxylic acids is 1. The maximum absolute atomic E-state index is 13.9. The van der Waals surface area contributed by atoms with Crippen molar-refractivity contribution in [3.05, 3.63) is 69.4 Å². The van der Waals surface area contributed by atoms with Crippen LogP contribution < -0.4 is 15.6 Å². The number of carboxylic acid groups (broad SMARTS) is 1. The smallest absolute Gasteiger partial charge is 0.337 e. The fraction of sp³-hybridized carbons (Fsp3) is 0.304.